The minimum Gasteiger partial charge on any atom is -0.480 e. The number of nitrogens with zero attached hydrogens (tertiary/aromatic N) is 1. The molecule has 1 aliphatic carbocycles. The van der Waals surface area contributed by atoms with Gasteiger partial charge in [0.15, 0.2) is 0 Å². The van der Waals surface area contributed by atoms with Crippen molar-refractivity contribution >= 4 is 17.8 Å². The lowest BCUT2D eigenvalue weighted by Gasteiger charge is -2.38. The summed E-state index contributed by atoms with van der Waals surface area (Å²) in [4.78, 5) is 36.8. The van der Waals surface area contributed by atoms with E-state index in [1.165, 1.54) is 0 Å². The van der Waals surface area contributed by atoms with E-state index in [0.29, 0.717) is 25.9 Å². The van der Waals surface area contributed by atoms with Crippen LogP contribution < -0.4 is 5.32 Å². The molecule has 1 aliphatic rings. The quantitative estimate of drug-likeness (QED) is 0.676. The van der Waals surface area contributed by atoms with Crippen molar-refractivity contribution in [3.8, 4) is 0 Å². The summed E-state index contributed by atoms with van der Waals surface area (Å²) >= 11 is 0. The number of hydrogen-bond donors (Lipinski definition) is 2. The van der Waals surface area contributed by atoms with Crippen LogP contribution in [0.25, 0.3) is 0 Å². The lowest BCUT2D eigenvalue weighted by molar-refractivity contribution is -0.151. The number of amides is 2. The summed E-state index contributed by atoms with van der Waals surface area (Å²) in [5.41, 5.74) is -1.09. The van der Waals surface area contributed by atoms with Crippen LogP contribution in [0.5, 0.6) is 0 Å². The van der Waals surface area contributed by atoms with Gasteiger partial charge in [-0.05, 0) is 32.1 Å². The largest absolute Gasteiger partial charge is 0.480 e. The second kappa shape index (κ2) is 8.00. The Morgan fingerprint density at radius 2 is 1.67 bits per heavy atom. The van der Waals surface area contributed by atoms with E-state index in [-0.39, 0.29) is 24.7 Å². The van der Waals surface area contributed by atoms with Crippen LogP contribution in [-0.2, 0) is 14.4 Å². The highest BCUT2D eigenvalue weighted by Crippen LogP contribution is 2.32. The highest BCUT2D eigenvalue weighted by molar-refractivity contribution is 5.89. The normalized spacial score (nSPS) is 15.9. The molecule has 6 heteroatoms. The molecule has 1 saturated carbocycles. The highest BCUT2D eigenvalue weighted by atomic mass is 16.4. The van der Waals surface area contributed by atoms with Crippen LogP contribution in [0.1, 0.15) is 58.8 Å². The van der Waals surface area contributed by atoms with Crippen molar-refractivity contribution in [3.63, 3.8) is 0 Å². The molecule has 2 amide bonds. The third kappa shape index (κ3) is 4.72. The topological polar surface area (TPSA) is 86.7 Å². The second-order valence-electron chi connectivity index (χ2n) is 5.67. The summed E-state index contributed by atoms with van der Waals surface area (Å²) in [5.74, 6) is -1.36. The van der Waals surface area contributed by atoms with Gasteiger partial charge in [-0.2, -0.15) is 0 Å². The van der Waals surface area contributed by atoms with Gasteiger partial charge in [0, 0.05) is 25.9 Å². The Hall–Kier alpha value is -1.59. The molecule has 0 aromatic carbocycles. The Morgan fingerprint density at radius 1 is 1.10 bits per heavy atom. The van der Waals surface area contributed by atoms with E-state index >= 15 is 0 Å². The molecule has 0 aromatic heterocycles. The molecule has 0 spiro atoms. The van der Waals surface area contributed by atoms with Crippen molar-refractivity contribution in [2.45, 2.75) is 64.3 Å². The van der Waals surface area contributed by atoms with E-state index in [2.05, 4.69) is 5.32 Å². The maximum absolute atomic E-state index is 12.0. The maximum atomic E-state index is 12.0. The zero-order valence-corrected chi connectivity index (χ0v) is 13.0. The average Bonchev–Trinajstić information content (AvgIpc) is 2.39. The van der Waals surface area contributed by atoms with E-state index in [0.717, 1.165) is 19.3 Å². The molecule has 21 heavy (non-hydrogen) atoms. The molecule has 6 nitrogen and oxygen atoms in total. The Morgan fingerprint density at radius 3 is 2.05 bits per heavy atom. The van der Waals surface area contributed by atoms with Gasteiger partial charge in [-0.25, -0.2) is 4.79 Å². The number of carbonyl (C=O) groups is 3. The van der Waals surface area contributed by atoms with Crippen molar-refractivity contribution in [2.75, 3.05) is 13.1 Å². The number of nitrogens with one attached hydrogen (secondary N) is 1. The lowest BCUT2D eigenvalue weighted by Crippen LogP contribution is -2.59. The van der Waals surface area contributed by atoms with Gasteiger partial charge in [0.1, 0.15) is 5.54 Å². The molecular formula is C15H26N2O4. The average molecular weight is 298 g/mol. The fourth-order valence-corrected chi connectivity index (χ4v) is 2.53. The first-order valence-corrected chi connectivity index (χ1v) is 7.77. The van der Waals surface area contributed by atoms with Crippen LogP contribution in [0.3, 0.4) is 0 Å². The number of carboxylic acids is 1. The van der Waals surface area contributed by atoms with Crippen molar-refractivity contribution in [2.24, 2.45) is 0 Å². The van der Waals surface area contributed by atoms with Crippen LogP contribution in [-0.4, -0.2) is 46.4 Å². The standard InChI is InChI=1S/C15H26N2O4/c1-3-10-17(11-4-2)13(19)7-6-12(18)16-15(14(20)21)8-5-9-15/h3-11H2,1-2H3,(H,16,18)(H,20,21). The number of hydrogen-bond acceptors (Lipinski definition) is 3. The summed E-state index contributed by atoms with van der Waals surface area (Å²) in [6, 6.07) is 0. The zero-order valence-electron chi connectivity index (χ0n) is 13.0. The summed E-state index contributed by atoms with van der Waals surface area (Å²) in [7, 11) is 0. The molecule has 0 radical (unpaired) electrons. The second-order valence-corrected chi connectivity index (χ2v) is 5.67. The molecule has 0 aliphatic heterocycles. The molecule has 0 atom stereocenters. The van der Waals surface area contributed by atoms with Crippen LogP contribution in [0.15, 0.2) is 0 Å². The first kappa shape index (κ1) is 17.5. The van der Waals surface area contributed by atoms with Crippen LogP contribution in [0, 0.1) is 0 Å². The van der Waals surface area contributed by atoms with Crippen molar-refractivity contribution in [1.82, 2.24) is 10.2 Å². The minimum atomic E-state index is -1.09. The molecular weight excluding hydrogens is 272 g/mol. The molecule has 0 aromatic rings. The molecule has 120 valence electrons. The van der Waals surface area contributed by atoms with Crippen LogP contribution >= 0.6 is 0 Å². The number of rotatable bonds is 9. The van der Waals surface area contributed by atoms with E-state index in [1.54, 1.807) is 4.90 Å². The summed E-state index contributed by atoms with van der Waals surface area (Å²) in [6.45, 7) is 5.42. The minimum absolute atomic E-state index is 0.0353. The van der Waals surface area contributed by atoms with Gasteiger partial charge in [-0.3, -0.25) is 9.59 Å². The molecule has 0 bridgehead atoms. The summed E-state index contributed by atoms with van der Waals surface area (Å²) in [6.07, 6.45) is 3.73. The highest BCUT2D eigenvalue weighted by Gasteiger charge is 2.45. The van der Waals surface area contributed by atoms with Crippen molar-refractivity contribution in [3.05, 3.63) is 0 Å². The third-order valence-electron chi connectivity index (χ3n) is 3.90. The smallest absolute Gasteiger partial charge is 0.329 e. The predicted molar refractivity (Wildman–Crippen MR) is 78.8 cm³/mol. The SMILES string of the molecule is CCCN(CCC)C(=O)CCC(=O)NC1(C(=O)O)CCC1. The number of carbonyl (C=O) groups excluding carboxylic acids is 2. The molecule has 1 rings (SSSR count). The Kier molecular flexibility index (Phi) is 6.65. The van der Waals surface area contributed by atoms with Crippen LogP contribution in [0.2, 0.25) is 0 Å². The van der Waals surface area contributed by atoms with Gasteiger partial charge in [0.25, 0.3) is 0 Å². The first-order valence-electron chi connectivity index (χ1n) is 7.77. The lowest BCUT2D eigenvalue weighted by atomic mass is 9.76. The fraction of sp³-hybridized carbons (Fsp3) is 0.800. The third-order valence-corrected chi connectivity index (χ3v) is 3.90. The van der Waals surface area contributed by atoms with E-state index in [9.17, 15) is 14.4 Å². The number of carboxylic acid groups (broad SMARTS) is 1. The fourth-order valence-electron chi connectivity index (χ4n) is 2.53. The van der Waals surface area contributed by atoms with E-state index in [1.807, 2.05) is 13.8 Å². The summed E-state index contributed by atoms with van der Waals surface area (Å²) in [5, 5.41) is 11.7. The molecule has 1 fully saturated rings. The Labute approximate surface area is 125 Å². The van der Waals surface area contributed by atoms with Crippen LogP contribution in [0.4, 0.5) is 0 Å². The van der Waals surface area contributed by atoms with Gasteiger partial charge < -0.3 is 15.3 Å². The molecule has 0 unspecified atom stereocenters. The molecule has 2 N–H and O–H groups in total. The Balaban J connectivity index is 2.41. The zero-order chi connectivity index (χ0) is 15.9. The Bertz CT molecular complexity index is 385. The van der Waals surface area contributed by atoms with Crippen molar-refractivity contribution < 1.29 is 19.5 Å². The van der Waals surface area contributed by atoms with E-state index in [4.69, 9.17) is 5.11 Å². The van der Waals surface area contributed by atoms with Gasteiger partial charge in [-0.15, -0.1) is 0 Å². The first-order chi connectivity index (χ1) is 9.95. The number of aliphatic carboxylic acids is 1. The molecule has 0 saturated heterocycles. The maximum Gasteiger partial charge on any atom is 0.329 e. The monoisotopic (exact) mass is 298 g/mol. The summed E-state index contributed by atoms with van der Waals surface area (Å²) < 4.78 is 0. The van der Waals surface area contributed by atoms with E-state index < -0.39 is 11.5 Å². The molecule has 0 heterocycles. The predicted octanol–water partition coefficient (Wildman–Crippen LogP) is 1.54. The van der Waals surface area contributed by atoms with Crippen molar-refractivity contribution in [1.29, 1.82) is 0 Å². The van der Waals surface area contributed by atoms with Gasteiger partial charge >= 0.3 is 5.97 Å². The van der Waals surface area contributed by atoms with Gasteiger partial charge in [0.05, 0.1) is 0 Å². The van der Waals surface area contributed by atoms with Gasteiger partial charge in [-0.1, -0.05) is 13.8 Å². The van der Waals surface area contributed by atoms with Gasteiger partial charge in [0.2, 0.25) is 11.8 Å².